The van der Waals surface area contributed by atoms with Crippen LogP contribution in [0.5, 0.6) is 12.0 Å². The maximum absolute atomic E-state index is 12.7. The van der Waals surface area contributed by atoms with Gasteiger partial charge >= 0.3 is 18.0 Å². The summed E-state index contributed by atoms with van der Waals surface area (Å²) in [6.07, 6.45) is 8.59. The number of hydrogen-bond donors (Lipinski definition) is 1. The predicted octanol–water partition coefficient (Wildman–Crippen LogP) is 8.52. The highest BCUT2D eigenvalue weighted by Gasteiger charge is 2.36. The molecule has 0 aliphatic carbocycles. The molecule has 2 unspecified atom stereocenters. The van der Waals surface area contributed by atoms with Crippen molar-refractivity contribution in [1.29, 1.82) is 0 Å². The summed E-state index contributed by atoms with van der Waals surface area (Å²) in [7, 11) is 4.32. The van der Waals surface area contributed by atoms with Crippen LogP contribution in [0.2, 0.25) is 0 Å². The zero-order valence-electron chi connectivity index (χ0n) is 49.5. The fourth-order valence-corrected chi connectivity index (χ4v) is 12.9. The summed E-state index contributed by atoms with van der Waals surface area (Å²) in [4.78, 5) is 65.4. The molecule has 0 bridgehead atoms. The molecule has 8 heterocycles. The molecule has 18 nitrogen and oxygen atoms in total. The topological polar surface area (TPSA) is 156 Å². The van der Waals surface area contributed by atoms with Gasteiger partial charge < -0.3 is 58.6 Å². The average Bonchev–Trinajstić information content (AvgIpc) is 3.14. The third-order valence-electron chi connectivity index (χ3n) is 17.4. The second-order valence-electron chi connectivity index (χ2n) is 22.8. The summed E-state index contributed by atoms with van der Waals surface area (Å²) in [5.41, 5.74) is 6.90. The lowest BCUT2D eigenvalue weighted by Gasteiger charge is -2.40. The molecule has 0 saturated carbocycles. The Hall–Kier alpha value is -8.68. The Morgan fingerprint density at radius 3 is 1.56 bits per heavy atom. The Bertz CT molecular complexity index is 3570. The van der Waals surface area contributed by atoms with E-state index in [-0.39, 0.29) is 18.5 Å². The maximum atomic E-state index is 12.7. The lowest BCUT2D eigenvalue weighted by Crippen LogP contribution is -2.56. The van der Waals surface area contributed by atoms with Crippen molar-refractivity contribution < 1.29 is 24.2 Å². The number of carbonyl (C=O) groups is 2. The highest BCUT2D eigenvalue weighted by atomic mass is 16.5. The van der Waals surface area contributed by atoms with Gasteiger partial charge in [0.2, 0.25) is 13.1 Å². The number of nitrogens with zero attached hydrogens (tertiary/aromatic N) is 13. The van der Waals surface area contributed by atoms with E-state index >= 15 is 0 Å². The molecule has 4 saturated heterocycles. The van der Waals surface area contributed by atoms with Gasteiger partial charge in [-0.25, -0.2) is 17.9 Å². The number of aliphatic carboxylic acids is 1. The highest BCUT2D eigenvalue weighted by Crippen LogP contribution is 2.38. The highest BCUT2D eigenvalue weighted by molar-refractivity contribution is 5.96. The standard InChI is InChI=1S/C33H37N7O2.C30H36N6O.C4H4O2/c1-4-9-31(41)40-19-18-39(21-26(40)20-34-2)32-28-15-17-38(30-14-7-11-24-10-5-6-13-27(24)30)22-29(28)35-33(36-32)42-23-25-12-8-16-37(25)3;1-31-18-22-8-6-16-36(19-22)29-26-14-17-35(28-13-5-10-23-9-3-4-12-25(23)28)20-27(26)32-30(33-29)37-21-24-11-7-15-34(24)2;1-2-3-4(5)6/h5-7,10-11,13-14,25-26H,8,12,15-23H2,1,3H3;3-5,9-10,12-13,22,24H,6-8,11,14-21H2,2H3;1H3,(H,5,6)/t25-,26?;22?,24-;/m00./s1. The van der Waals surface area contributed by atoms with Crippen molar-refractivity contribution in [3.63, 3.8) is 0 Å². The molecule has 12 rings (SSSR count). The van der Waals surface area contributed by atoms with Gasteiger partial charge in [-0.05, 0) is 121 Å². The number of rotatable bonds is 12. The minimum Gasteiger partial charge on any atom is -0.472 e. The van der Waals surface area contributed by atoms with Crippen LogP contribution in [0.1, 0.15) is 74.9 Å². The van der Waals surface area contributed by atoms with Crippen LogP contribution in [0.4, 0.5) is 23.0 Å². The number of fused-ring (bicyclic) bond motifs is 4. The second kappa shape index (κ2) is 28.3. The van der Waals surface area contributed by atoms with E-state index in [2.05, 4.69) is 156 Å². The van der Waals surface area contributed by atoms with Crippen LogP contribution in [0.25, 0.3) is 31.2 Å². The van der Waals surface area contributed by atoms with Crippen molar-refractivity contribution in [2.45, 2.75) is 96.4 Å². The monoisotopic (exact) mass is 1140 g/mol. The van der Waals surface area contributed by atoms with E-state index in [9.17, 15) is 9.59 Å². The van der Waals surface area contributed by atoms with Gasteiger partial charge in [0.05, 0.1) is 24.5 Å². The van der Waals surface area contributed by atoms with E-state index in [1.165, 1.54) is 58.2 Å². The second-order valence-corrected chi connectivity index (χ2v) is 22.8. The van der Waals surface area contributed by atoms with Crippen molar-refractivity contribution in [1.82, 2.24) is 34.6 Å². The number of carbonyl (C=O) groups excluding carboxylic acids is 1. The predicted molar refractivity (Wildman–Crippen MR) is 334 cm³/mol. The smallest absolute Gasteiger partial charge is 0.381 e. The molecule has 1 N–H and O–H groups in total. The Labute approximate surface area is 500 Å². The first-order chi connectivity index (χ1) is 41.5. The SMILES string of the molecule is CC#CC(=O)O.[C-]#[N+]CC1CCCN(c2nc(OC[C@@H]3CCCN3C)nc3c2CCN(c2cccc4ccccc24)C3)C1.[C-]#[N+]CC1CN(c2nc(OC[C@@H]3CCCN3C)nc3c2CCN(c2cccc4ccccc24)C3)CCN1C(=O)C#CC. The van der Waals surface area contributed by atoms with E-state index in [1.807, 2.05) is 5.92 Å². The lowest BCUT2D eigenvalue weighted by atomic mass is 9.96. The molecule has 4 aromatic carbocycles. The summed E-state index contributed by atoms with van der Waals surface area (Å²) in [5.74, 6) is 10.5. The number of likely N-dealkylation sites (tertiary alicyclic amines) is 2. The van der Waals surface area contributed by atoms with Crippen molar-refractivity contribution in [2.75, 3.05) is 119 Å². The first-order valence-electron chi connectivity index (χ1n) is 30.0. The Balaban J connectivity index is 0.000000174. The number of benzene rings is 4. The molecule has 440 valence electrons. The number of piperazine rings is 1. The van der Waals surface area contributed by atoms with Crippen molar-refractivity contribution in [3.05, 3.63) is 130 Å². The van der Waals surface area contributed by atoms with Gasteiger partial charge in [0, 0.05) is 103 Å². The maximum Gasteiger partial charge on any atom is 0.381 e. The van der Waals surface area contributed by atoms with Gasteiger partial charge in [0.15, 0.2) is 0 Å². The van der Waals surface area contributed by atoms with Gasteiger partial charge in [-0.3, -0.25) is 4.79 Å². The largest absolute Gasteiger partial charge is 0.472 e. The van der Waals surface area contributed by atoms with Crippen LogP contribution >= 0.6 is 0 Å². The van der Waals surface area contributed by atoms with E-state index < -0.39 is 5.97 Å². The number of aromatic nitrogens is 4. The summed E-state index contributed by atoms with van der Waals surface area (Å²) >= 11 is 0. The van der Waals surface area contributed by atoms with Crippen LogP contribution in [0.15, 0.2) is 84.9 Å². The third-order valence-corrected chi connectivity index (χ3v) is 17.4. The normalized spacial score (nSPS) is 20.2. The molecule has 4 fully saturated rings. The van der Waals surface area contributed by atoms with Gasteiger partial charge in [0.1, 0.15) is 30.9 Å². The van der Waals surface area contributed by atoms with E-state index in [0.717, 1.165) is 113 Å². The molecule has 85 heavy (non-hydrogen) atoms. The summed E-state index contributed by atoms with van der Waals surface area (Å²) in [6, 6.07) is 31.6. The molecule has 4 atom stereocenters. The first kappa shape index (κ1) is 59.5. The zero-order valence-corrected chi connectivity index (χ0v) is 49.5. The van der Waals surface area contributed by atoms with Gasteiger partial charge in [-0.2, -0.15) is 19.9 Å². The Kier molecular flexibility index (Phi) is 19.8. The summed E-state index contributed by atoms with van der Waals surface area (Å²) in [6.45, 7) is 28.9. The lowest BCUT2D eigenvalue weighted by molar-refractivity contribution is -0.130. The van der Waals surface area contributed by atoms with Gasteiger partial charge in [-0.1, -0.05) is 84.6 Å². The Morgan fingerprint density at radius 2 is 1.08 bits per heavy atom. The van der Waals surface area contributed by atoms with Crippen LogP contribution in [-0.2, 0) is 35.5 Å². The molecular formula is C67H77N13O5. The minimum absolute atomic E-state index is 0.217. The van der Waals surface area contributed by atoms with E-state index in [4.69, 9.17) is 47.7 Å². The van der Waals surface area contributed by atoms with Crippen molar-refractivity contribution in [2.24, 2.45) is 5.92 Å². The number of anilines is 4. The van der Waals surface area contributed by atoms with Crippen LogP contribution in [0.3, 0.4) is 0 Å². The number of amides is 1. The zero-order chi connectivity index (χ0) is 59.2. The van der Waals surface area contributed by atoms with Crippen molar-refractivity contribution >= 4 is 56.4 Å². The molecule has 6 aromatic rings. The number of carboxylic acid groups (broad SMARTS) is 1. The molecule has 18 heteroatoms. The Morgan fingerprint density at radius 1 is 0.576 bits per heavy atom. The number of hydrogen-bond acceptors (Lipinski definition) is 14. The fraction of sp³-hybridized carbons (Fsp3) is 0.463. The number of piperidine rings is 1. The van der Waals surface area contributed by atoms with Crippen molar-refractivity contribution in [3.8, 4) is 35.7 Å². The van der Waals surface area contributed by atoms with E-state index in [0.29, 0.717) is 76.0 Å². The molecular weight excluding hydrogens is 1070 g/mol. The first-order valence-corrected chi connectivity index (χ1v) is 30.0. The number of likely N-dealkylation sites (N-methyl/N-ethyl adjacent to an activating group) is 2. The molecule has 6 aliphatic heterocycles. The van der Waals surface area contributed by atoms with Crippen LogP contribution in [-0.4, -0.2) is 169 Å². The molecule has 1 amide bonds. The van der Waals surface area contributed by atoms with Crippen LogP contribution < -0.4 is 29.1 Å². The van der Waals surface area contributed by atoms with Crippen LogP contribution in [0, 0.1) is 42.7 Å². The molecule has 0 spiro atoms. The molecule has 2 aromatic heterocycles. The van der Waals surface area contributed by atoms with Gasteiger partial charge in [-0.15, -0.1) is 0 Å². The molecule has 0 radical (unpaired) electrons. The minimum atomic E-state index is -1.07. The van der Waals surface area contributed by atoms with Gasteiger partial charge in [0.25, 0.3) is 5.91 Å². The number of carboxylic acids is 1. The average molecular weight is 1140 g/mol. The molecule has 6 aliphatic rings. The number of ether oxygens (including phenoxy) is 2. The van der Waals surface area contributed by atoms with E-state index in [1.54, 1.807) is 11.8 Å². The quantitative estimate of drug-likeness (QED) is 0.0919. The fourth-order valence-electron chi connectivity index (χ4n) is 12.9. The third kappa shape index (κ3) is 14.3. The summed E-state index contributed by atoms with van der Waals surface area (Å²) in [5, 5.41) is 12.7. The summed E-state index contributed by atoms with van der Waals surface area (Å²) < 4.78 is 12.6.